The molecular formula is C19H23N3O4. The fourth-order valence-corrected chi connectivity index (χ4v) is 3.58. The maximum atomic E-state index is 12.3. The highest BCUT2D eigenvalue weighted by Crippen LogP contribution is 2.31. The van der Waals surface area contributed by atoms with Gasteiger partial charge in [0.1, 0.15) is 11.3 Å². The van der Waals surface area contributed by atoms with Gasteiger partial charge in [0.2, 0.25) is 0 Å². The zero-order chi connectivity index (χ0) is 18.7. The van der Waals surface area contributed by atoms with Crippen LogP contribution in [0.2, 0.25) is 0 Å². The van der Waals surface area contributed by atoms with Crippen LogP contribution < -0.4 is 10.1 Å². The Labute approximate surface area is 151 Å². The zero-order valence-corrected chi connectivity index (χ0v) is 15.0. The van der Waals surface area contributed by atoms with Crippen molar-refractivity contribution in [1.29, 1.82) is 0 Å². The van der Waals surface area contributed by atoms with Gasteiger partial charge in [-0.25, -0.2) is 0 Å². The van der Waals surface area contributed by atoms with E-state index in [2.05, 4.69) is 24.1 Å². The van der Waals surface area contributed by atoms with Crippen LogP contribution in [0, 0.1) is 22.0 Å². The molecule has 1 saturated carbocycles. The van der Waals surface area contributed by atoms with Crippen molar-refractivity contribution in [3.8, 4) is 5.75 Å². The van der Waals surface area contributed by atoms with Crippen LogP contribution in [0.5, 0.6) is 5.75 Å². The topological polar surface area (TPSA) is 94.4 Å². The van der Waals surface area contributed by atoms with Crippen molar-refractivity contribution in [2.24, 2.45) is 11.8 Å². The number of rotatable bonds is 5. The van der Waals surface area contributed by atoms with Gasteiger partial charge in [0.15, 0.2) is 6.61 Å². The van der Waals surface area contributed by atoms with Crippen LogP contribution in [0.1, 0.15) is 33.1 Å². The van der Waals surface area contributed by atoms with E-state index in [1.165, 1.54) is 18.6 Å². The van der Waals surface area contributed by atoms with Crippen LogP contribution in [0.15, 0.2) is 30.5 Å². The number of aromatic nitrogens is 1. The van der Waals surface area contributed by atoms with Crippen molar-refractivity contribution in [3.05, 3.63) is 40.6 Å². The van der Waals surface area contributed by atoms with Gasteiger partial charge in [0.05, 0.1) is 10.3 Å². The number of non-ortho nitro benzene ring substituents is 1. The molecule has 0 bridgehead atoms. The lowest BCUT2D eigenvalue weighted by molar-refractivity contribution is -0.383. The summed E-state index contributed by atoms with van der Waals surface area (Å²) >= 11 is 0. The number of hydrogen-bond acceptors (Lipinski definition) is 5. The smallest absolute Gasteiger partial charge is 0.279 e. The number of ether oxygens (including phenoxy) is 1. The number of nitro groups is 1. The highest BCUT2D eigenvalue weighted by Gasteiger charge is 2.28. The highest BCUT2D eigenvalue weighted by atomic mass is 16.6. The number of carbonyl (C=O) groups is 1. The molecule has 1 fully saturated rings. The molecule has 138 valence electrons. The molecule has 0 saturated heterocycles. The van der Waals surface area contributed by atoms with Gasteiger partial charge in [-0.05, 0) is 36.5 Å². The summed E-state index contributed by atoms with van der Waals surface area (Å²) in [5.74, 6) is 1.22. The van der Waals surface area contributed by atoms with Gasteiger partial charge in [0, 0.05) is 18.3 Å². The van der Waals surface area contributed by atoms with Crippen LogP contribution in [-0.4, -0.2) is 28.5 Å². The fourth-order valence-electron chi connectivity index (χ4n) is 3.58. The molecule has 7 nitrogen and oxygen atoms in total. The lowest BCUT2D eigenvalue weighted by Gasteiger charge is -2.34. The quantitative estimate of drug-likeness (QED) is 0.653. The van der Waals surface area contributed by atoms with Gasteiger partial charge >= 0.3 is 0 Å². The highest BCUT2D eigenvalue weighted by molar-refractivity contribution is 5.92. The minimum Gasteiger partial charge on any atom is -0.481 e. The number of hydrogen-bond donors (Lipinski definition) is 1. The summed E-state index contributed by atoms with van der Waals surface area (Å²) in [5, 5.41) is 14.6. The molecule has 1 aromatic heterocycles. The molecule has 2 aromatic rings. The van der Waals surface area contributed by atoms with Crippen LogP contribution >= 0.6 is 0 Å². The largest absolute Gasteiger partial charge is 0.481 e. The lowest BCUT2D eigenvalue weighted by atomic mass is 9.78. The minimum atomic E-state index is -0.452. The van der Waals surface area contributed by atoms with Gasteiger partial charge in [-0.15, -0.1) is 0 Å². The third-order valence-corrected chi connectivity index (χ3v) is 5.32. The summed E-state index contributed by atoms with van der Waals surface area (Å²) in [6.45, 7) is 4.25. The lowest BCUT2D eigenvalue weighted by Crippen LogP contribution is -2.45. The maximum absolute atomic E-state index is 12.3. The summed E-state index contributed by atoms with van der Waals surface area (Å²) in [6.07, 6.45) is 4.85. The molecule has 1 aromatic carbocycles. The molecule has 1 N–H and O–H groups in total. The Morgan fingerprint density at radius 2 is 2.15 bits per heavy atom. The number of amides is 1. The normalized spacial score (nSPS) is 22.8. The molecular weight excluding hydrogens is 334 g/mol. The van der Waals surface area contributed by atoms with Gasteiger partial charge in [-0.1, -0.05) is 26.7 Å². The average Bonchev–Trinajstić information content (AvgIpc) is 2.63. The first-order valence-electron chi connectivity index (χ1n) is 8.91. The molecule has 26 heavy (non-hydrogen) atoms. The molecule has 1 aliphatic carbocycles. The summed E-state index contributed by atoms with van der Waals surface area (Å²) in [4.78, 5) is 27.2. The summed E-state index contributed by atoms with van der Waals surface area (Å²) in [6, 6.07) is 6.30. The number of nitrogens with one attached hydrogen (secondary N) is 1. The van der Waals surface area contributed by atoms with E-state index >= 15 is 0 Å². The van der Waals surface area contributed by atoms with E-state index < -0.39 is 4.92 Å². The van der Waals surface area contributed by atoms with Gasteiger partial charge < -0.3 is 10.1 Å². The monoisotopic (exact) mass is 357 g/mol. The SMILES string of the molecule is CC1CCCC(NC(=O)COc2ccc([N+](=O)[O-])c3cccnc23)C1C. The molecule has 3 atom stereocenters. The Bertz CT molecular complexity index is 824. The second kappa shape index (κ2) is 7.68. The summed E-state index contributed by atoms with van der Waals surface area (Å²) in [5.41, 5.74) is 0.351. The zero-order valence-electron chi connectivity index (χ0n) is 15.0. The maximum Gasteiger partial charge on any atom is 0.279 e. The van der Waals surface area contributed by atoms with E-state index in [9.17, 15) is 14.9 Å². The van der Waals surface area contributed by atoms with E-state index in [0.717, 1.165) is 12.8 Å². The number of fused-ring (bicyclic) bond motifs is 1. The number of carbonyl (C=O) groups excluding carboxylic acids is 1. The van der Waals surface area contributed by atoms with E-state index in [1.807, 2.05) is 0 Å². The second-order valence-electron chi connectivity index (χ2n) is 6.97. The van der Waals surface area contributed by atoms with Crippen molar-refractivity contribution < 1.29 is 14.5 Å². The van der Waals surface area contributed by atoms with E-state index in [0.29, 0.717) is 28.5 Å². The molecule has 7 heteroatoms. The third-order valence-electron chi connectivity index (χ3n) is 5.32. The minimum absolute atomic E-state index is 0.0325. The first-order chi connectivity index (χ1) is 12.5. The van der Waals surface area contributed by atoms with Gasteiger partial charge in [-0.2, -0.15) is 0 Å². The van der Waals surface area contributed by atoms with Crippen molar-refractivity contribution in [1.82, 2.24) is 10.3 Å². The number of benzene rings is 1. The molecule has 3 unspecified atom stereocenters. The fraction of sp³-hybridized carbons (Fsp3) is 0.474. The van der Waals surface area contributed by atoms with Gasteiger partial charge in [0.25, 0.3) is 11.6 Å². The molecule has 1 amide bonds. The molecule has 1 aliphatic rings. The third kappa shape index (κ3) is 3.76. The Kier molecular flexibility index (Phi) is 5.35. The Hall–Kier alpha value is -2.70. The number of nitro benzene ring substituents is 1. The van der Waals surface area contributed by atoms with Gasteiger partial charge in [-0.3, -0.25) is 19.9 Å². The standard InChI is InChI=1S/C19H23N3O4/c1-12-5-3-7-15(13(12)2)21-18(23)11-26-17-9-8-16(22(24)25)14-6-4-10-20-19(14)17/h4,6,8-10,12-13,15H,3,5,7,11H2,1-2H3,(H,21,23). The summed E-state index contributed by atoms with van der Waals surface area (Å²) in [7, 11) is 0. The Morgan fingerprint density at radius 1 is 1.35 bits per heavy atom. The Morgan fingerprint density at radius 3 is 2.92 bits per heavy atom. The predicted octanol–water partition coefficient (Wildman–Crippen LogP) is 3.46. The van der Waals surface area contributed by atoms with Crippen LogP contribution in [0.25, 0.3) is 10.9 Å². The summed E-state index contributed by atoms with van der Waals surface area (Å²) < 4.78 is 5.62. The van der Waals surface area contributed by atoms with E-state index in [4.69, 9.17) is 4.74 Å². The van der Waals surface area contributed by atoms with E-state index in [1.54, 1.807) is 18.3 Å². The van der Waals surface area contributed by atoms with Crippen LogP contribution in [0.3, 0.4) is 0 Å². The molecule has 3 rings (SSSR count). The van der Waals surface area contributed by atoms with Crippen molar-refractivity contribution in [3.63, 3.8) is 0 Å². The first kappa shape index (κ1) is 18.1. The Balaban J connectivity index is 1.69. The van der Waals surface area contributed by atoms with E-state index in [-0.39, 0.29) is 24.2 Å². The molecule has 0 spiro atoms. The van der Waals surface area contributed by atoms with Crippen molar-refractivity contribution >= 4 is 22.5 Å². The first-order valence-corrected chi connectivity index (χ1v) is 8.91. The second-order valence-corrected chi connectivity index (χ2v) is 6.97. The van der Waals surface area contributed by atoms with Crippen LogP contribution in [0.4, 0.5) is 5.69 Å². The molecule has 0 aliphatic heterocycles. The number of nitrogens with zero attached hydrogens (tertiary/aromatic N) is 2. The molecule has 1 heterocycles. The average molecular weight is 357 g/mol. The van der Waals surface area contributed by atoms with Crippen LogP contribution in [-0.2, 0) is 4.79 Å². The predicted molar refractivity (Wildman–Crippen MR) is 98.0 cm³/mol. The van der Waals surface area contributed by atoms with Crippen molar-refractivity contribution in [2.45, 2.75) is 39.2 Å². The number of pyridine rings is 1. The van der Waals surface area contributed by atoms with Crippen molar-refractivity contribution in [2.75, 3.05) is 6.61 Å². The molecule has 0 radical (unpaired) electrons.